The second-order valence-electron chi connectivity index (χ2n) is 8.62. The molecular formula is C22H26F3N5O3. The molecule has 1 aliphatic heterocycles. The van der Waals surface area contributed by atoms with E-state index in [1.165, 1.54) is 4.90 Å². The highest BCUT2D eigenvalue weighted by atomic mass is 19.4. The number of nitrogens with one attached hydrogen (secondary N) is 1. The normalized spacial score (nSPS) is 24.6. The minimum absolute atomic E-state index is 0.195. The average Bonchev–Trinajstić information content (AvgIpc) is 3.42. The Balaban J connectivity index is 1.59. The summed E-state index contributed by atoms with van der Waals surface area (Å²) in [6.07, 6.45) is 0.701. The molecule has 0 aromatic carbocycles. The van der Waals surface area contributed by atoms with Crippen molar-refractivity contribution in [1.29, 1.82) is 0 Å². The zero-order valence-corrected chi connectivity index (χ0v) is 18.1. The van der Waals surface area contributed by atoms with E-state index in [2.05, 4.69) is 20.4 Å². The van der Waals surface area contributed by atoms with Crippen LogP contribution in [0.25, 0.3) is 11.4 Å². The predicted molar refractivity (Wildman–Crippen MR) is 111 cm³/mol. The topological polar surface area (TPSA) is 101 Å². The fourth-order valence-corrected chi connectivity index (χ4v) is 4.71. The highest BCUT2D eigenvalue weighted by molar-refractivity contribution is 5.82. The molecule has 2 fully saturated rings. The van der Waals surface area contributed by atoms with Gasteiger partial charge in [0.05, 0.1) is 5.92 Å². The minimum Gasteiger partial charge on any atom is -0.356 e. The third-order valence-corrected chi connectivity index (χ3v) is 6.27. The third-order valence-electron chi connectivity index (χ3n) is 6.27. The number of pyridine rings is 1. The minimum atomic E-state index is -4.61. The molecule has 33 heavy (non-hydrogen) atoms. The van der Waals surface area contributed by atoms with Crippen LogP contribution in [0.2, 0.25) is 0 Å². The fraction of sp³-hybridized carbons (Fsp3) is 0.591. The van der Waals surface area contributed by atoms with Crippen LogP contribution in [0, 0.1) is 5.92 Å². The summed E-state index contributed by atoms with van der Waals surface area (Å²) in [6.45, 7) is 0.704. The molecule has 2 aromatic heterocycles. The average molecular weight is 465 g/mol. The van der Waals surface area contributed by atoms with Crippen LogP contribution < -0.4 is 5.32 Å². The summed E-state index contributed by atoms with van der Waals surface area (Å²) in [5.74, 6) is -1.56. The Bertz CT molecular complexity index is 966. The van der Waals surface area contributed by atoms with Crippen LogP contribution >= 0.6 is 0 Å². The third kappa shape index (κ3) is 5.69. The van der Waals surface area contributed by atoms with Gasteiger partial charge in [-0.05, 0) is 37.8 Å². The molecule has 2 amide bonds. The van der Waals surface area contributed by atoms with Crippen molar-refractivity contribution in [3.05, 3.63) is 30.4 Å². The van der Waals surface area contributed by atoms with Crippen molar-refractivity contribution in [2.75, 3.05) is 13.1 Å². The number of carbonyl (C=O) groups excluding carboxylic acids is 2. The Morgan fingerprint density at radius 3 is 2.79 bits per heavy atom. The highest BCUT2D eigenvalue weighted by Crippen LogP contribution is 2.42. The number of hydrogen-bond donors (Lipinski definition) is 1. The molecule has 1 aliphatic carbocycles. The molecule has 3 heterocycles. The van der Waals surface area contributed by atoms with Gasteiger partial charge in [0.1, 0.15) is 6.42 Å². The van der Waals surface area contributed by atoms with Crippen LogP contribution in [-0.4, -0.2) is 57.1 Å². The van der Waals surface area contributed by atoms with Crippen LogP contribution in [0.3, 0.4) is 0 Å². The zero-order valence-electron chi connectivity index (χ0n) is 18.1. The van der Waals surface area contributed by atoms with E-state index < -0.39 is 30.5 Å². The number of fused-ring (bicyclic) bond motifs is 1. The van der Waals surface area contributed by atoms with Gasteiger partial charge in [0.2, 0.25) is 23.5 Å². The number of carbonyl (C=O) groups is 2. The molecule has 178 valence electrons. The van der Waals surface area contributed by atoms with E-state index in [4.69, 9.17) is 4.52 Å². The number of amides is 2. The first kappa shape index (κ1) is 23.2. The smallest absolute Gasteiger partial charge is 0.356 e. The number of aromatic nitrogens is 3. The Kier molecular flexibility index (Phi) is 6.94. The number of hydrogen-bond acceptors (Lipinski definition) is 6. The summed E-state index contributed by atoms with van der Waals surface area (Å²) in [5.41, 5.74) is 0.667. The van der Waals surface area contributed by atoms with Crippen molar-refractivity contribution in [2.45, 2.75) is 63.1 Å². The van der Waals surface area contributed by atoms with E-state index in [9.17, 15) is 22.8 Å². The van der Waals surface area contributed by atoms with Gasteiger partial charge in [-0.3, -0.25) is 14.6 Å². The van der Waals surface area contributed by atoms with Gasteiger partial charge < -0.3 is 14.7 Å². The van der Waals surface area contributed by atoms with Crippen LogP contribution in [0.4, 0.5) is 13.2 Å². The number of halogens is 3. The van der Waals surface area contributed by atoms with Crippen LogP contribution in [-0.2, 0) is 9.59 Å². The standard InChI is InChI=1S/C22H26F3N5O3/c23-22(24,25)12-18(31)30-9-4-2-1-3-8-27-20(32)16-10-15(11-17(16)30)21-28-19(29-33-21)14-6-5-7-26-13-14/h5-7,13,15-17H,1-4,8-12H2,(H,27,32)/t15-,16-,17+/m1/s1. The lowest BCUT2D eigenvalue weighted by atomic mass is 10.00. The molecule has 11 heteroatoms. The molecule has 0 spiro atoms. The van der Waals surface area contributed by atoms with Crippen LogP contribution in [0.15, 0.2) is 29.0 Å². The molecule has 0 bridgehead atoms. The lowest BCUT2D eigenvalue weighted by Crippen LogP contribution is -2.48. The van der Waals surface area contributed by atoms with Crippen LogP contribution in [0.1, 0.15) is 56.8 Å². The van der Waals surface area contributed by atoms with Crippen molar-refractivity contribution in [3.8, 4) is 11.4 Å². The first-order valence-corrected chi connectivity index (χ1v) is 11.2. The van der Waals surface area contributed by atoms with Gasteiger partial charge in [0, 0.05) is 43.0 Å². The fourth-order valence-electron chi connectivity index (χ4n) is 4.71. The monoisotopic (exact) mass is 465 g/mol. The van der Waals surface area contributed by atoms with Gasteiger partial charge in [0.25, 0.3) is 0 Å². The first-order valence-electron chi connectivity index (χ1n) is 11.2. The van der Waals surface area contributed by atoms with Gasteiger partial charge in [-0.15, -0.1) is 0 Å². The van der Waals surface area contributed by atoms with E-state index in [-0.39, 0.29) is 24.8 Å². The van der Waals surface area contributed by atoms with Gasteiger partial charge >= 0.3 is 6.18 Å². The molecule has 1 N–H and O–H groups in total. The second-order valence-corrected chi connectivity index (χ2v) is 8.62. The van der Waals surface area contributed by atoms with Crippen molar-refractivity contribution in [1.82, 2.24) is 25.3 Å². The molecule has 1 saturated heterocycles. The largest absolute Gasteiger partial charge is 0.397 e. The summed E-state index contributed by atoms with van der Waals surface area (Å²) in [5, 5.41) is 6.88. The van der Waals surface area contributed by atoms with Crippen LogP contribution in [0.5, 0.6) is 0 Å². The molecule has 3 atom stereocenters. The second kappa shape index (κ2) is 9.88. The highest BCUT2D eigenvalue weighted by Gasteiger charge is 2.47. The van der Waals surface area contributed by atoms with Gasteiger partial charge in [-0.2, -0.15) is 18.2 Å². The molecule has 8 nitrogen and oxygen atoms in total. The molecule has 2 aliphatic rings. The lowest BCUT2D eigenvalue weighted by molar-refractivity contribution is -0.163. The molecule has 0 unspecified atom stereocenters. The van der Waals surface area contributed by atoms with E-state index in [0.717, 1.165) is 19.3 Å². The van der Waals surface area contributed by atoms with Crippen molar-refractivity contribution >= 4 is 11.8 Å². The lowest BCUT2D eigenvalue weighted by Gasteiger charge is -2.33. The SMILES string of the molecule is O=C1NCCCCCCN(C(=O)CC(F)(F)F)[C@H]2C[C@H](c3nc(-c4cccnc4)no3)C[C@@H]12. The van der Waals surface area contributed by atoms with E-state index in [0.29, 0.717) is 36.7 Å². The Morgan fingerprint density at radius 1 is 1.21 bits per heavy atom. The molecule has 2 aromatic rings. The summed E-state index contributed by atoms with van der Waals surface area (Å²) >= 11 is 0. The van der Waals surface area contributed by atoms with E-state index in [1.807, 2.05) is 0 Å². The maximum absolute atomic E-state index is 13.0. The molecular weight excluding hydrogens is 439 g/mol. The quantitative estimate of drug-likeness (QED) is 0.745. The maximum atomic E-state index is 13.0. The Morgan fingerprint density at radius 2 is 2.03 bits per heavy atom. The Labute approximate surface area is 188 Å². The van der Waals surface area contributed by atoms with Crippen molar-refractivity contribution in [2.24, 2.45) is 5.92 Å². The van der Waals surface area contributed by atoms with E-state index in [1.54, 1.807) is 24.5 Å². The van der Waals surface area contributed by atoms with E-state index >= 15 is 0 Å². The zero-order chi connectivity index (χ0) is 23.4. The van der Waals surface area contributed by atoms with Crippen molar-refractivity contribution < 1.29 is 27.3 Å². The number of alkyl halides is 3. The maximum Gasteiger partial charge on any atom is 0.397 e. The molecule has 1 saturated carbocycles. The number of nitrogens with zero attached hydrogens (tertiary/aromatic N) is 4. The first-order chi connectivity index (χ1) is 15.8. The number of rotatable bonds is 3. The summed E-state index contributed by atoms with van der Waals surface area (Å²) in [6, 6.07) is 2.87. The van der Waals surface area contributed by atoms with Crippen molar-refractivity contribution in [3.63, 3.8) is 0 Å². The Hall–Kier alpha value is -2.98. The van der Waals surface area contributed by atoms with Gasteiger partial charge in [0.15, 0.2) is 0 Å². The van der Waals surface area contributed by atoms with Gasteiger partial charge in [-0.1, -0.05) is 18.0 Å². The summed E-state index contributed by atoms with van der Waals surface area (Å²) in [7, 11) is 0. The summed E-state index contributed by atoms with van der Waals surface area (Å²) in [4.78, 5) is 35.3. The van der Waals surface area contributed by atoms with Gasteiger partial charge in [-0.25, -0.2) is 0 Å². The molecule has 4 rings (SSSR count). The summed E-state index contributed by atoms with van der Waals surface area (Å²) < 4.78 is 44.5. The molecule has 0 radical (unpaired) electrons. The predicted octanol–water partition coefficient (Wildman–Crippen LogP) is 3.47.